The zero-order chi connectivity index (χ0) is 32.6. The minimum atomic E-state index is -0.500. The highest BCUT2D eigenvalue weighted by molar-refractivity contribution is 6.10. The van der Waals surface area contributed by atoms with Crippen LogP contribution in [-0.4, -0.2) is 22.2 Å². The molecule has 1 spiro atoms. The molecule has 0 saturated carbocycles. The quantitative estimate of drug-likeness (QED) is 0.143. The van der Waals surface area contributed by atoms with Gasteiger partial charge in [-0.3, -0.25) is 9.88 Å². The number of aryl methyl sites for hydroxylation is 2. The van der Waals surface area contributed by atoms with Gasteiger partial charge in [-0.2, -0.15) is 0 Å². The third kappa shape index (κ3) is 3.76. The maximum atomic E-state index is 5.09. The molecule has 0 fully saturated rings. The smallest absolute Gasteiger partial charge is 0.234 e. The molecule has 5 nitrogen and oxygen atoms in total. The molecule has 0 radical (unpaired) electrons. The number of aromatic nitrogens is 2. The summed E-state index contributed by atoms with van der Waals surface area (Å²) in [5, 5.41) is 1.11. The van der Waals surface area contributed by atoms with Gasteiger partial charge in [-0.25, -0.2) is 9.98 Å². The standard InChI is InChI=1S/C43H33N5/c1-27-19-21-38-35(24-27)43(33-15-8-5-12-30(33)31-13-6-9-16-34(31)43)36-25-28(2)20-22-39(36)48(38)42(44-4)46-26-29(3)47-37-17-10-7-14-32(37)41-40(47)18-11-23-45-41/h5-26H,4H2,1-3H3/b29-26+,46-42+. The second-order valence-corrected chi connectivity index (χ2v) is 12.8. The summed E-state index contributed by atoms with van der Waals surface area (Å²) in [4.78, 5) is 16.6. The van der Waals surface area contributed by atoms with Crippen molar-refractivity contribution < 1.29 is 0 Å². The van der Waals surface area contributed by atoms with Crippen LogP contribution >= 0.6 is 0 Å². The van der Waals surface area contributed by atoms with E-state index in [1.54, 1.807) is 0 Å². The van der Waals surface area contributed by atoms with E-state index in [1.165, 1.54) is 44.5 Å². The van der Waals surface area contributed by atoms with Gasteiger partial charge in [0.25, 0.3) is 0 Å². The Bertz CT molecular complexity index is 2380. The maximum absolute atomic E-state index is 5.09. The van der Waals surface area contributed by atoms with E-state index in [4.69, 9.17) is 9.98 Å². The van der Waals surface area contributed by atoms with Crippen LogP contribution in [0, 0.1) is 13.8 Å². The lowest BCUT2D eigenvalue weighted by Gasteiger charge is -2.44. The number of pyridine rings is 1. The van der Waals surface area contributed by atoms with Gasteiger partial charge in [-0.15, -0.1) is 0 Å². The minimum Gasteiger partial charge on any atom is -0.310 e. The van der Waals surface area contributed by atoms with Gasteiger partial charge >= 0.3 is 0 Å². The molecule has 0 amide bonds. The highest BCUT2D eigenvalue weighted by Gasteiger charge is 2.52. The second-order valence-electron chi connectivity index (χ2n) is 12.8. The van der Waals surface area contributed by atoms with Crippen LogP contribution in [0.4, 0.5) is 11.4 Å². The number of anilines is 2. The SMILES string of the molecule is C=N/C(=N\C=C(/C)n1c2ccccc2c2ncccc21)N1c2ccc(C)cc2C2(c3ccccc3-c3ccccc32)c2cc(C)ccc21. The molecule has 0 atom stereocenters. The van der Waals surface area contributed by atoms with Crippen molar-refractivity contribution in [3.05, 3.63) is 167 Å². The van der Waals surface area contributed by atoms with Crippen molar-refractivity contribution in [1.29, 1.82) is 0 Å². The first-order valence-corrected chi connectivity index (χ1v) is 16.3. The summed E-state index contributed by atoms with van der Waals surface area (Å²) in [6.07, 6.45) is 3.74. The van der Waals surface area contributed by atoms with Gasteiger partial charge in [0.2, 0.25) is 5.96 Å². The number of aliphatic imine (C=N–C) groups is 2. The number of rotatable bonds is 2. The van der Waals surface area contributed by atoms with E-state index in [9.17, 15) is 0 Å². The van der Waals surface area contributed by atoms with E-state index in [2.05, 4.69) is 157 Å². The lowest BCUT2D eigenvalue weighted by molar-refractivity contribution is 0.752. The average molecular weight is 620 g/mol. The molecule has 48 heavy (non-hydrogen) atoms. The first kappa shape index (κ1) is 28.2. The third-order valence-electron chi connectivity index (χ3n) is 10.0. The number of hydrogen-bond donors (Lipinski definition) is 0. The van der Waals surface area contributed by atoms with Crippen molar-refractivity contribution in [3.8, 4) is 11.1 Å². The molecule has 7 aromatic rings. The Morgan fingerprint density at radius 1 is 0.688 bits per heavy atom. The molecule has 0 unspecified atom stereocenters. The molecule has 9 rings (SSSR count). The van der Waals surface area contributed by atoms with E-state index in [0.717, 1.165) is 39.0 Å². The molecule has 5 aromatic carbocycles. The molecule has 0 saturated heterocycles. The Hall–Kier alpha value is -6.07. The Morgan fingerprint density at radius 3 is 1.92 bits per heavy atom. The fourth-order valence-electron chi connectivity index (χ4n) is 8.14. The van der Waals surface area contributed by atoms with Crippen LogP contribution in [0.1, 0.15) is 40.3 Å². The summed E-state index contributed by atoms with van der Waals surface area (Å²) in [6, 6.07) is 43.7. The summed E-state index contributed by atoms with van der Waals surface area (Å²) in [6.45, 7) is 10.5. The van der Waals surface area contributed by atoms with Crippen LogP contribution in [-0.2, 0) is 5.41 Å². The largest absolute Gasteiger partial charge is 0.310 e. The number of benzene rings is 5. The fraction of sp³-hybridized carbons (Fsp3) is 0.0930. The number of nitrogens with zero attached hydrogens (tertiary/aromatic N) is 5. The van der Waals surface area contributed by atoms with Gasteiger partial charge in [0.15, 0.2) is 0 Å². The fourth-order valence-corrected chi connectivity index (χ4v) is 8.14. The molecule has 1 aliphatic carbocycles. The van der Waals surface area contributed by atoms with Gasteiger partial charge in [-0.1, -0.05) is 102 Å². The molecular weight excluding hydrogens is 587 g/mol. The minimum absolute atomic E-state index is 0.500. The number of para-hydroxylation sites is 1. The van der Waals surface area contributed by atoms with E-state index < -0.39 is 5.41 Å². The molecule has 230 valence electrons. The monoisotopic (exact) mass is 619 g/mol. The van der Waals surface area contributed by atoms with Crippen molar-refractivity contribution in [2.45, 2.75) is 26.2 Å². The molecular formula is C43H33N5. The normalized spacial score (nSPS) is 14.6. The summed E-state index contributed by atoms with van der Waals surface area (Å²) in [5.41, 5.74) is 15.6. The molecule has 0 bridgehead atoms. The zero-order valence-electron chi connectivity index (χ0n) is 27.1. The van der Waals surface area contributed by atoms with Crippen molar-refractivity contribution in [3.63, 3.8) is 0 Å². The molecule has 2 aromatic heterocycles. The van der Waals surface area contributed by atoms with Gasteiger partial charge in [0.05, 0.1) is 39.5 Å². The lowest BCUT2D eigenvalue weighted by atomic mass is 9.64. The Kier molecular flexibility index (Phi) is 6.15. The summed E-state index contributed by atoms with van der Waals surface area (Å²) in [5.74, 6) is 0.512. The van der Waals surface area contributed by atoms with Crippen LogP contribution in [0.3, 0.4) is 0 Å². The number of allylic oxidation sites excluding steroid dienone is 1. The Morgan fingerprint density at radius 2 is 1.27 bits per heavy atom. The summed E-state index contributed by atoms with van der Waals surface area (Å²) in [7, 11) is 0. The van der Waals surface area contributed by atoms with Crippen molar-refractivity contribution >= 4 is 51.7 Å². The predicted octanol–water partition coefficient (Wildman–Crippen LogP) is 10.2. The van der Waals surface area contributed by atoms with Crippen LogP contribution in [0.15, 0.2) is 144 Å². The van der Waals surface area contributed by atoms with E-state index in [1.807, 2.05) is 18.5 Å². The predicted molar refractivity (Wildman–Crippen MR) is 200 cm³/mol. The Balaban J connectivity index is 1.30. The third-order valence-corrected chi connectivity index (χ3v) is 10.0. The van der Waals surface area contributed by atoms with E-state index >= 15 is 0 Å². The summed E-state index contributed by atoms with van der Waals surface area (Å²) >= 11 is 0. The number of guanidine groups is 1. The molecule has 3 heterocycles. The van der Waals surface area contributed by atoms with Gasteiger partial charge in [-0.05, 0) is 91.2 Å². The first-order chi connectivity index (χ1) is 23.5. The highest BCUT2D eigenvalue weighted by Crippen LogP contribution is 2.62. The van der Waals surface area contributed by atoms with Crippen LogP contribution in [0.5, 0.6) is 0 Å². The van der Waals surface area contributed by atoms with Gasteiger partial charge < -0.3 is 4.57 Å². The van der Waals surface area contributed by atoms with Crippen molar-refractivity contribution in [1.82, 2.24) is 9.55 Å². The van der Waals surface area contributed by atoms with Crippen molar-refractivity contribution in [2.24, 2.45) is 9.98 Å². The van der Waals surface area contributed by atoms with Crippen LogP contribution in [0.25, 0.3) is 38.8 Å². The number of hydrogen-bond acceptors (Lipinski definition) is 2. The molecule has 2 aliphatic rings. The van der Waals surface area contributed by atoms with Crippen molar-refractivity contribution in [2.75, 3.05) is 4.90 Å². The zero-order valence-corrected chi connectivity index (χ0v) is 27.1. The second kappa shape index (κ2) is 10.5. The number of fused-ring (bicyclic) bond motifs is 12. The van der Waals surface area contributed by atoms with Crippen LogP contribution < -0.4 is 4.90 Å². The molecule has 0 N–H and O–H groups in total. The molecule has 5 heteroatoms. The highest BCUT2D eigenvalue weighted by atomic mass is 15.3. The van der Waals surface area contributed by atoms with Gasteiger partial charge in [0, 0.05) is 17.3 Å². The van der Waals surface area contributed by atoms with Gasteiger partial charge in [0.1, 0.15) is 0 Å². The van der Waals surface area contributed by atoms with E-state index in [-0.39, 0.29) is 0 Å². The average Bonchev–Trinajstić information content (AvgIpc) is 3.61. The maximum Gasteiger partial charge on any atom is 0.234 e. The Labute approximate surface area is 279 Å². The van der Waals surface area contributed by atoms with Crippen LogP contribution in [0.2, 0.25) is 0 Å². The molecule has 1 aliphatic heterocycles. The topological polar surface area (TPSA) is 45.8 Å². The first-order valence-electron chi connectivity index (χ1n) is 16.3. The lowest BCUT2D eigenvalue weighted by Crippen LogP contribution is -2.39. The van der Waals surface area contributed by atoms with E-state index in [0.29, 0.717) is 5.96 Å². The summed E-state index contributed by atoms with van der Waals surface area (Å²) < 4.78 is 2.22.